The number of fused-ring (bicyclic) bond motifs is 1. The van der Waals surface area contributed by atoms with Crippen molar-refractivity contribution in [1.82, 2.24) is 4.90 Å². The summed E-state index contributed by atoms with van der Waals surface area (Å²) < 4.78 is 36.5. The third-order valence-corrected chi connectivity index (χ3v) is 7.28. The maximum atomic E-state index is 13.6. The van der Waals surface area contributed by atoms with Gasteiger partial charge in [0.15, 0.2) is 0 Å². The number of halogens is 1. The fourth-order valence-corrected chi connectivity index (χ4v) is 5.14. The second-order valence-electron chi connectivity index (χ2n) is 10.1. The molecule has 0 aliphatic carbocycles. The van der Waals surface area contributed by atoms with E-state index in [4.69, 9.17) is 18.9 Å². The van der Waals surface area contributed by atoms with Crippen LogP contribution in [0.3, 0.4) is 0 Å². The highest BCUT2D eigenvalue weighted by Crippen LogP contribution is 2.41. The van der Waals surface area contributed by atoms with Crippen LogP contribution < -0.4 is 18.9 Å². The van der Waals surface area contributed by atoms with Gasteiger partial charge in [0.1, 0.15) is 59.3 Å². The fraction of sp³-hybridized carbons (Fsp3) is 0.367. The fourth-order valence-electron chi connectivity index (χ4n) is 5.14. The first-order valence-corrected chi connectivity index (χ1v) is 13.0. The van der Waals surface area contributed by atoms with E-state index in [2.05, 4.69) is 4.90 Å². The standard InChI is InChI=1S/C30H32FNO7/c1-36-24-5-2-20(3-6-24)18-37-25-7-8-26(29(34)35)28(15-25)38-19-23(33)17-32-12-10-30(11-13-32)16-21-14-22(31)4-9-27(21)39-30/h2-9,14-15,23,33H,10-13,16-19H2,1H3,(H,34,35)/t23-/m0/s1. The summed E-state index contributed by atoms with van der Waals surface area (Å²) in [7, 11) is 1.60. The second kappa shape index (κ2) is 11.5. The van der Waals surface area contributed by atoms with Crippen LogP contribution in [0.1, 0.15) is 34.3 Å². The lowest BCUT2D eigenvalue weighted by Crippen LogP contribution is -2.49. The van der Waals surface area contributed by atoms with Crippen LogP contribution in [0.5, 0.6) is 23.0 Å². The van der Waals surface area contributed by atoms with Gasteiger partial charge >= 0.3 is 5.97 Å². The average Bonchev–Trinajstić information content (AvgIpc) is 3.29. The number of aliphatic hydroxyl groups excluding tert-OH is 1. The molecule has 8 nitrogen and oxygen atoms in total. The molecular formula is C30H32FNO7. The molecule has 206 valence electrons. The van der Waals surface area contributed by atoms with Gasteiger partial charge in [-0.15, -0.1) is 0 Å². The molecule has 1 fully saturated rings. The Balaban J connectivity index is 1.12. The van der Waals surface area contributed by atoms with Crippen LogP contribution in [0.25, 0.3) is 0 Å². The first-order valence-electron chi connectivity index (χ1n) is 13.0. The van der Waals surface area contributed by atoms with Gasteiger partial charge in [0, 0.05) is 50.5 Å². The van der Waals surface area contributed by atoms with Crippen molar-refractivity contribution >= 4 is 5.97 Å². The molecule has 0 amide bonds. The summed E-state index contributed by atoms with van der Waals surface area (Å²) >= 11 is 0. The van der Waals surface area contributed by atoms with E-state index in [1.807, 2.05) is 24.3 Å². The molecule has 0 saturated carbocycles. The number of benzene rings is 3. The topological polar surface area (TPSA) is 97.7 Å². The molecule has 5 rings (SSSR count). The van der Waals surface area contributed by atoms with E-state index in [-0.39, 0.29) is 29.3 Å². The quantitative estimate of drug-likeness (QED) is 0.395. The molecule has 0 radical (unpaired) electrons. The minimum Gasteiger partial charge on any atom is -0.497 e. The van der Waals surface area contributed by atoms with E-state index in [0.29, 0.717) is 25.3 Å². The molecule has 9 heteroatoms. The molecule has 39 heavy (non-hydrogen) atoms. The molecule has 0 unspecified atom stereocenters. The van der Waals surface area contributed by atoms with E-state index >= 15 is 0 Å². The number of carboxylic acids is 1. The van der Waals surface area contributed by atoms with Crippen molar-refractivity contribution in [3.8, 4) is 23.0 Å². The number of aliphatic hydroxyl groups is 1. The lowest BCUT2D eigenvalue weighted by atomic mass is 9.87. The Bertz CT molecular complexity index is 1310. The first-order chi connectivity index (χ1) is 18.8. The predicted molar refractivity (Wildman–Crippen MR) is 141 cm³/mol. The Morgan fingerprint density at radius 2 is 1.79 bits per heavy atom. The van der Waals surface area contributed by atoms with Crippen molar-refractivity contribution in [1.29, 1.82) is 0 Å². The maximum Gasteiger partial charge on any atom is 0.339 e. The van der Waals surface area contributed by atoms with Gasteiger partial charge in [0.25, 0.3) is 0 Å². The van der Waals surface area contributed by atoms with Crippen molar-refractivity contribution < 1.29 is 38.3 Å². The van der Waals surface area contributed by atoms with E-state index in [1.54, 1.807) is 25.3 Å². The van der Waals surface area contributed by atoms with Crippen molar-refractivity contribution in [2.24, 2.45) is 0 Å². The van der Waals surface area contributed by atoms with Gasteiger partial charge in [-0.2, -0.15) is 0 Å². The van der Waals surface area contributed by atoms with Crippen LogP contribution in [-0.2, 0) is 13.0 Å². The van der Waals surface area contributed by atoms with E-state index < -0.39 is 12.1 Å². The van der Waals surface area contributed by atoms with Gasteiger partial charge in [-0.05, 0) is 48.0 Å². The van der Waals surface area contributed by atoms with Gasteiger partial charge in [-0.1, -0.05) is 12.1 Å². The van der Waals surface area contributed by atoms with E-state index in [9.17, 15) is 19.4 Å². The van der Waals surface area contributed by atoms with Crippen LogP contribution in [0.4, 0.5) is 4.39 Å². The molecule has 0 bridgehead atoms. The van der Waals surface area contributed by atoms with Crippen LogP contribution in [0.15, 0.2) is 60.7 Å². The summed E-state index contributed by atoms with van der Waals surface area (Å²) in [6.45, 7) is 2.06. The van der Waals surface area contributed by atoms with Crippen LogP contribution >= 0.6 is 0 Å². The maximum absolute atomic E-state index is 13.6. The van der Waals surface area contributed by atoms with Crippen LogP contribution in [-0.4, -0.2) is 66.1 Å². The number of likely N-dealkylation sites (tertiary alicyclic amines) is 1. The highest BCUT2D eigenvalue weighted by atomic mass is 19.1. The average molecular weight is 538 g/mol. The number of β-amino-alcohol motifs (C(OH)–C–C–N with tert-alkyl or cyclic N) is 1. The first kappa shape index (κ1) is 26.8. The molecule has 0 aromatic heterocycles. The molecule has 1 spiro atoms. The number of hydrogen-bond donors (Lipinski definition) is 2. The third kappa shape index (κ3) is 6.43. The number of carboxylic acid groups (broad SMARTS) is 1. The van der Waals surface area contributed by atoms with E-state index in [0.717, 1.165) is 48.6 Å². The van der Waals surface area contributed by atoms with Crippen LogP contribution in [0, 0.1) is 5.82 Å². The smallest absolute Gasteiger partial charge is 0.339 e. The highest BCUT2D eigenvalue weighted by Gasteiger charge is 2.42. The molecule has 2 N–H and O–H groups in total. The molecule has 1 atom stereocenters. The zero-order valence-electron chi connectivity index (χ0n) is 21.8. The predicted octanol–water partition coefficient (Wildman–Crippen LogP) is 4.32. The second-order valence-corrected chi connectivity index (χ2v) is 10.1. The number of piperidine rings is 1. The lowest BCUT2D eigenvalue weighted by molar-refractivity contribution is -0.00204. The minimum atomic E-state index is -1.13. The zero-order valence-corrected chi connectivity index (χ0v) is 21.8. The van der Waals surface area contributed by atoms with Crippen molar-refractivity contribution in [2.75, 3.05) is 33.4 Å². The largest absolute Gasteiger partial charge is 0.497 e. The molecular weight excluding hydrogens is 505 g/mol. The third-order valence-electron chi connectivity index (χ3n) is 7.28. The minimum absolute atomic E-state index is 0.00621. The summed E-state index contributed by atoms with van der Waals surface area (Å²) in [6.07, 6.45) is 1.41. The number of methoxy groups -OCH3 is 1. The van der Waals surface area contributed by atoms with Gasteiger partial charge < -0.3 is 34.1 Å². The van der Waals surface area contributed by atoms with Crippen molar-refractivity contribution in [3.63, 3.8) is 0 Å². The number of rotatable bonds is 10. The molecule has 1 saturated heterocycles. The Morgan fingerprint density at radius 1 is 1.05 bits per heavy atom. The number of ether oxygens (including phenoxy) is 4. The lowest BCUT2D eigenvalue weighted by Gasteiger charge is -2.39. The Hall–Kier alpha value is -3.82. The molecule has 3 aromatic carbocycles. The SMILES string of the molecule is COc1ccc(COc2ccc(C(=O)O)c(OC[C@@H](O)CN3CCC4(CC3)Cc3cc(F)ccc3O4)c2)cc1. The summed E-state index contributed by atoms with van der Waals surface area (Å²) in [5, 5.41) is 20.2. The Morgan fingerprint density at radius 3 is 2.51 bits per heavy atom. The summed E-state index contributed by atoms with van der Waals surface area (Å²) in [6, 6.07) is 16.6. The van der Waals surface area contributed by atoms with E-state index in [1.165, 1.54) is 18.2 Å². The summed E-state index contributed by atoms with van der Waals surface area (Å²) in [5.41, 5.74) is 1.50. The normalized spacial score (nSPS) is 16.8. The number of aromatic carboxylic acids is 1. The van der Waals surface area contributed by atoms with Crippen molar-refractivity contribution in [3.05, 3.63) is 83.2 Å². The van der Waals surface area contributed by atoms with Gasteiger partial charge in [0.2, 0.25) is 0 Å². The van der Waals surface area contributed by atoms with Gasteiger partial charge in [-0.3, -0.25) is 0 Å². The molecule has 2 aliphatic heterocycles. The Kier molecular flexibility index (Phi) is 7.90. The molecule has 2 heterocycles. The number of nitrogens with zero attached hydrogens (tertiary/aromatic N) is 1. The van der Waals surface area contributed by atoms with Crippen molar-refractivity contribution in [2.45, 2.75) is 37.6 Å². The molecule has 3 aromatic rings. The highest BCUT2D eigenvalue weighted by molar-refractivity contribution is 5.91. The van der Waals surface area contributed by atoms with Crippen LogP contribution in [0.2, 0.25) is 0 Å². The summed E-state index contributed by atoms with van der Waals surface area (Å²) in [4.78, 5) is 13.9. The summed E-state index contributed by atoms with van der Waals surface area (Å²) in [5.74, 6) is 0.713. The molecule has 2 aliphatic rings. The number of hydrogen-bond acceptors (Lipinski definition) is 7. The number of carbonyl (C=O) groups is 1. The van der Waals surface area contributed by atoms with Gasteiger partial charge in [-0.25, -0.2) is 9.18 Å². The monoisotopic (exact) mass is 537 g/mol. The Labute approximate surface area is 226 Å². The zero-order chi connectivity index (χ0) is 27.4. The van der Waals surface area contributed by atoms with Gasteiger partial charge in [0.05, 0.1) is 7.11 Å².